The molecule has 0 unspecified atom stereocenters. The van der Waals surface area contributed by atoms with Crippen LogP contribution < -0.4 is 10.6 Å². The van der Waals surface area contributed by atoms with Gasteiger partial charge < -0.3 is 20.1 Å². The van der Waals surface area contributed by atoms with E-state index in [1.54, 1.807) is 14.2 Å². The number of unbranched alkanes of at least 4 members (excludes halogenated alkanes) is 1. The molecule has 0 amide bonds. The predicted molar refractivity (Wildman–Crippen MR) is 116 cm³/mol. The third-order valence-corrected chi connectivity index (χ3v) is 3.65. The Kier molecular flexibility index (Phi) is 14.9. The highest BCUT2D eigenvalue weighted by atomic mass is 127. The van der Waals surface area contributed by atoms with Crippen molar-refractivity contribution in [2.45, 2.75) is 33.1 Å². The average Bonchev–Trinajstić information content (AvgIpc) is 2.54. The van der Waals surface area contributed by atoms with E-state index in [1.807, 2.05) is 0 Å². The number of aliphatic imine (C=N–C) groups is 1. The number of nitrogens with zero attached hydrogens (tertiary/aromatic N) is 1. The van der Waals surface area contributed by atoms with Crippen molar-refractivity contribution in [2.75, 3.05) is 47.1 Å². The predicted octanol–water partition coefficient (Wildman–Crippen LogP) is 3.07. The highest BCUT2D eigenvalue weighted by Crippen LogP contribution is 2.08. The first-order chi connectivity index (χ1) is 11.7. The molecule has 1 aromatic rings. The van der Waals surface area contributed by atoms with Crippen LogP contribution in [-0.2, 0) is 15.9 Å². The molecule has 0 atom stereocenters. The molecule has 0 bridgehead atoms. The molecule has 1 aromatic carbocycles. The number of hydrogen-bond acceptors (Lipinski definition) is 3. The minimum absolute atomic E-state index is 0. The lowest BCUT2D eigenvalue weighted by molar-refractivity contribution is 0.0689. The maximum Gasteiger partial charge on any atom is 0.190 e. The molecule has 0 fully saturated rings. The van der Waals surface area contributed by atoms with Crippen LogP contribution in [0.25, 0.3) is 0 Å². The van der Waals surface area contributed by atoms with Crippen molar-refractivity contribution in [1.29, 1.82) is 0 Å². The number of nitrogens with one attached hydrogen (secondary N) is 2. The molecule has 144 valence electrons. The van der Waals surface area contributed by atoms with E-state index in [-0.39, 0.29) is 24.0 Å². The molecule has 5 nitrogen and oxygen atoms in total. The third-order valence-electron chi connectivity index (χ3n) is 3.65. The number of guanidine groups is 1. The van der Waals surface area contributed by atoms with Crippen LogP contribution in [0.1, 0.15) is 29.5 Å². The van der Waals surface area contributed by atoms with Crippen LogP contribution in [0.5, 0.6) is 0 Å². The Morgan fingerprint density at radius 1 is 0.960 bits per heavy atom. The first-order valence-corrected chi connectivity index (χ1v) is 8.74. The summed E-state index contributed by atoms with van der Waals surface area (Å²) >= 11 is 0. The van der Waals surface area contributed by atoms with E-state index in [4.69, 9.17) is 9.47 Å². The normalized spacial score (nSPS) is 11.1. The second-order valence-corrected chi connectivity index (χ2v) is 5.98. The zero-order valence-corrected chi connectivity index (χ0v) is 18.4. The number of benzene rings is 1. The molecule has 0 saturated carbocycles. The number of halogens is 1. The Morgan fingerprint density at radius 3 is 2.28 bits per heavy atom. The summed E-state index contributed by atoms with van der Waals surface area (Å²) in [5.41, 5.74) is 4.00. The number of rotatable bonds is 11. The minimum Gasteiger partial charge on any atom is -0.382 e. The number of methoxy groups -OCH3 is 1. The summed E-state index contributed by atoms with van der Waals surface area (Å²) in [5.74, 6) is 0.861. The number of ether oxygens (including phenoxy) is 2. The largest absolute Gasteiger partial charge is 0.382 e. The van der Waals surface area contributed by atoms with E-state index < -0.39 is 0 Å². The molecule has 0 aliphatic heterocycles. The van der Waals surface area contributed by atoms with E-state index in [2.05, 4.69) is 47.7 Å². The van der Waals surface area contributed by atoms with Gasteiger partial charge in [-0.1, -0.05) is 29.3 Å². The summed E-state index contributed by atoms with van der Waals surface area (Å²) < 4.78 is 10.4. The van der Waals surface area contributed by atoms with Gasteiger partial charge in [0, 0.05) is 33.9 Å². The lowest BCUT2D eigenvalue weighted by Gasteiger charge is -2.12. The summed E-state index contributed by atoms with van der Waals surface area (Å²) in [6.07, 6.45) is 3.09. The average molecular weight is 463 g/mol. The maximum absolute atomic E-state index is 5.44. The second kappa shape index (κ2) is 15.4. The summed E-state index contributed by atoms with van der Waals surface area (Å²) in [7, 11) is 3.49. The zero-order chi connectivity index (χ0) is 17.6. The van der Waals surface area contributed by atoms with E-state index in [0.717, 1.165) is 44.9 Å². The summed E-state index contributed by atoms with van der Waals surface area (Å²) in [5, 5.41) is 6.71. The van der Waals surface area contributed by atoms with Gasteiger partial charge in [-0.15, -0.1) is 24.0 Å². The fraction of sp³-hybridized carbons (Fsp3) is 0.632. The van der Waals surface area contributed by atoms with E-state index in [0.29, 0.717) is 13.2 Å². The molecule has 0 aliphatic carbocycles. The van der Waals surface area contributed by atoms with Gasteiger partial charge in [0.2, 0.25) is 0 Å². The molecular weight excluding hydrogens is 429 g/mol. The summed E-state index contributed by atoms with van der Waals surface area (Å²) in [6, 6.07) is 6.69. The van der Waals surface area contributed by atoms with Crippen LogP contribution >= 0.6 is 24.0 Å². The van der Waals surface area contributed by atoms with Crippen molar-refractivity contribution >= 4 is 29.9 Å². The van der Waals surface area contributed by atoms with Gasteiger partial charge in [-0.3, -0.25) is 4.99 Å². The summed E-state index contributed by atoms with van der Waals surface area (Å²) in [6.45, 7) is 8.18. The molecule has 0 aliphatic rings. The van der Waals surface area contributed by atoms with Gasteiger partial charge in [-0.2, -0.15) is 0 Å². The smallest absolute Gasteiger partial charge is 0.190 e. The zero-order valence-electron chi connectivity index (χ0n) is 16.1. The van der Waals surface area contributed by atoms with Crippen LogP contribution in [0.3, 0.4) is 0 Å². The van der Waals surface area contributed by atoms with Crippen LogP contribution in [-0.4, -0.2) is 53.0 Å². The maximum atomic E-state index is 5.44. The Hall–Kier alpha value is -0.860. The SMILES string of the molecule is CN=C(NCCCCOCCOC)NCCc1cc(C)cc(C)c1.I. The molecule has 0 radical (unpaired) electrons. The van der Waals surface area contributed by atoms with Gasteiger partial charge >= 0.3 is 0 Å². The van der Waals surface area contributed by atoms with Crippen molar-refractivity contribution in [1.82, 2.24) is 10.6 Å². The first-order valence-electron chi connectivity index (χ1n) is 8.74. The lowest BCUT2D eigenvalue weighted by atomic mass is 10.1. The first kappa shape index (κ1) is 24.1. The number of aryl methyl sites for hydroxylation is 2. The molecule has 0 heterocycles. The second-order valence-electron chi connectivity index (χ2n) is 5.98. The summed E-state index contributed by atoms with van der Waals surface area (Å²) in [4.78, 5) is 4.26. The number of hydrogen-bond donors (Lipinski definition) is 2. The van der Waals surface area contributed by atoms with Crippen LogP contribution in [0.2, 0.25) is 0 Å². The lowest BCUT2D eigenvalue weighted by Crippen LogP contribution is -2.38. The standard InChI is InChI=1S/C19H33N3O2.HI/c1-16-13-17(2)15-18(14-16)7-9-22-19(20-3)21-8-5-6-10-24-12-11-23-4;/h13-15H,5-12H2,1-4H3,(H2,20,21,22);1H. The van der Waals surface area contributed by atoms with Gasteiger partial charge in [-0.05, 0) is 38.7 Å². The van der Waals surface area contributed by atoms with Crippen molar-refractivity contribution in [2.24, 2.45) is 4.99 Å². The minimum atomic E-state index is 0. The van der Waals surface area contributed by atoms with Crippen molar-refractivity contribution < 1.29 is 9.47 Å². The van der Waals surface area contributed by atoms with Gasteiger partial charge in [0.1, 0.15) is 0 Å². The van der Waals surface area contributed by atoms with Gasteiger partial charge in [0.25, 0.3) is 0 Å². The van der Waals surface area contributed by atoms with E-state index in [1.165, 1.54) is 16.7 Å². The van der Waals surface area contributed by atoms with E-state index >= 15 is 0 Å². The van der Waals surface area contributed by atoms with Crippen LogP contribution in [0.15, 0.2) is 23.2 Å². The molecule has 0 saturated heterocycles. The Bertz CT molecular complexity index is 475. The fourth-order valence-electron chi connectivity index (χ4n) is 2.54. The molecule has 6 heteroatoms. The topological polar surface area (TPSA) is 54.9 Å². The fourth-order valence-corrected chi connectivity index (χ4v) is 2.54. The van der Waals surface area contributed by atoms with Gasteiger partial charge in [-0.25, -0.2) is 0 Å². The molecule has 0 spiro atoms. The molecule has 25 heavy (non-hydrogen) atoms. The van der Waals surface area contributed by atoms with Crippen molar-refractivity contribution in [3.05, 3.63) is 34.9 Å². The Morgan fingerprint density at radius 2 is 1.64 bits per heavy atom. The quantitative estimate of drug-likeness (QED) is 0.229. The molecule has 2 N–H and O–H groups in total. The Balaban J connectivity index is 0.00000576. The van der Waals surface area contributed by atoms with Crippen LogP contribution in [0, 0.1) is 13.8 Å². The van der Waals surface area contributed by atoms with Gasteiger partial charge in [0.05, 0.1) is 13.2 Å². The monoisotopic (exact) mass is 463 g/mol. The van der Waals surface area contributed by atoms with Crippen LogP contribution in [0.4, 0.5) is 0 Å². The molecule has 1 rings (SSSR count). The van der Waals surface area contributed by atoms with E-state index in [9.17, 15) is 0 Å². The van der Waals surface area contributed by atoms with Crippen molar-refractivity contribution in [3.63, 3.8) is 0 Å². The molecular formula is C19H34IN3O2. The van der Waals surface area contributed by atoms with Gasteiger partial charge in [0.15, 0.2) is 5.96 Å². The highest BCUT2D eigenvalue weighted by molar-refractivity contribution is 14.0. The molecule has 0 aromatic heterocycles. The third kappa shape index (κ3) is 12.2. The van der Waals surface area contributed by atoms with Crippen molar-refractivity contribution in [3.8, 4) is 0 Å². The highest BCUT2D eigenvalue weighted by Gasteiger charge is 1.99. The Labute approximate surface area is 170 Å².